The standard InChI is InChI=1S/C19H19F2N3O/c20-13-1-2-15(18(21)11-13)16-12-17(16)19(25)24-9-7-23(8-10-24)14-3-5-22-6-4-14/h1-6,11,16-17H,7-10,12H2/t16-,17+/m1/s1. The second-order valence-electron chi connectivity index (χ2n) is 6.63. The van der Waals surface area contributed by atoms with Gasteiger partial charge in [-0.25, -0.2) is 8.78 Å². The summed E-state index contributed by atoms with van der Waals surface area (Å²) in [6.07, 6.45) is 4.17. The van der Waals surface area contributed by atoms with Gasteiger partial charge >= 0.3 is 0 Å². The van der Waals surface area contributed by atoms with Gasteiger partial charge in [0.2, 0.25) is 5.91 Å². The second-order valence-corrected chi connectivity index (χ2v) is 6.63. The number of aromatic nitrogens is 1. The van der Waals surface area contributed by atoms with Gasteiger partial charge in [-0.1, -0.05) is 6.07 Å². The Bertz CT molecular complexity index is 775. The fourth-order valence-electron chi connectivity index (χ4n) is 3.59. The number of halogens is 2. The maximum atomic E-state index is 13.9. The zero-order valence-corrected chi connectivity index (χ0v) is 13.7. The Labute approximate surface area is 145 Å². The van der Waals surface area contributed by atoms with E-state index < -0.39 is 11.6 Å². The predicted octanol–water partition coefficient (Wildman–Crippen LogP) is 2.81. The van der Waals surface area contributed by atoms with E-state index in [1.54, 1.807) is 12.4 Å². The van der Waals surface area contributed by atoms with Crippen LogP contribution < -0.4 is 4.90 Å². The Hall–Kier alpha value is -2.50. The van der Waals surface area contributed by atoms with Gasteiger partial charge in [-0.3, -0.25) is 9.78 Å². The smallest absolute Gasteiger partial charge is 0.226 e. The lowest BCUT2D eigenvalue weighted by Gasteiger charge is -2.36. The summed E-state index contributed by atoms with van der Waals surface area (Å²) in [5.74, 6) is -1.35. The summed E-state index contributed by atoms with van der Waals surface area (Å²) >= 11 is 0. The lowest BCUT2D eigenvalue weighted by Crippen LogP contribution is -2.49. The van der Waals surface area contributed by atoms with Crippen molar-refractivity contribution in [3.05, 3.63) is 59.9 Å². The van der Waals surface area contributed by atoms with Crippen LogP contribution in [0, 0.1) is 17.6 Å². The first-order chi connectivity index (χ1) is 12.1. The van der Waals surface area contributed by atoms with Gasteiger partial charge in [-0.05, 0) is 36.1 Å². The van der Waals surface area contributed by atoms with Crippen molar-refractivity contribution < 1.29 is 13.6 Å². The van der Waals surface area contributed by atoms with E-state index in [1.165, 1.54) is 12.1 Å². The second kappa shape index (κ2) is 6.43. The molecule has 2 fully saturated rings. The van der Waals surface area contributed by atoms with Crippen LogP contribution in [0.5, 0.6) is 0 Å². The van der Waals surface area contributed by atoms with Crippen LogP contribution in [0.25, 0.3) is 0 Å². The minimum Gasteiger partial charge on any atom is -0.368 e. The quantitative estimate of drug-likeness (QED) is 0.860. The Balaban J connectivity index is 1.36. The summed E-state index contributed by atoms with van der Waals surface area (Å²) < 4.78 is 26.9. The van der Waals surface area contributed by atoms with Gasteiger partial charge in [0.15, 0.2) is 0 Å². The van der Waals surface area contributed by atoms with Gasteiger partial charge in [0, 0.05) is 56.2 Å². The molecule has 1 aromatic carbocycles. The van der Waals surface area contributed by atoms with Crippen LogP contribution in [0.2, 0.25) is 0 Å². The number of nitrogens with zero attached hydrogens (tertiary/aromatic N) is 3. The predicted molar refractivity (Wildman–Crippen MR) is 90.2 cm³/mol. The number of anilines is 1. The number of benzene rings is 1. The van der Waals surface area contributed by atoms with Crippen molar-refractivity contribution in [1.29, 1.82) is 0 Å². The van der Waals surface area contributed by atoms with E-state index >= 15 is 0 Å². The maximum absolute atomic E-state index is 13.9. The molecule has 130 valence electrons. The van der Waals surface area contributed by atoms with E-state index in [4.69, 9.17) is 0 Å². The number of carbonyl (C=O) groups excluding carboxylic acids is 1. The minimum absolute atomic E-state index is 0.0862. The Morgan fingerprint density at radius 1 is 1.04 bits per heavy atom. The SMILES string of the molecule is O=C([C@H]1C[C@@H]1c1ccc(F)cc1F)N1CCN(c2ccncc2)CC1. The van der Waals surface area contributed by atoms with E-state index in [9.17, 15) is 13.6 Å². The molecule has 4 nitrogen and oxygen atoms in total. The van der Waals surface area contributed by atoms with Crippen LogP contribution in [-0.4, -0.2) is 42.0 Å². The Kier molecular flexibility index (Phi) is 4.11. The van der Waals surface area contributed by atoms with Crippen LogP contribution in [0.15, 0.2) is 42.7 Å². The first-order valence-electron chi connectivity index (χ1n) is 8.52. The van der Waals surface area contributed by atoms with Gasteiger partial charge < -0.3 is 9.80 Å². The average molecular weight is 343 g/mol. The normalized spacial score (nSPS) is 22.8. The molecule has 0 N–H and O–H groups in total. The molecule has 1 aliphatic carbocycles. The van der Waals surface area contributed by atoms with Crippen LogP contribution >= 0.6 is 0 Å². The van der Waals surface area contributed by atoms with Crippen molar-refractivity contribution in [2.75, 3.05) is 31.1 Å². The van der Waals surface area contributed by atoms with Gasteiger partial charge in [-0.15, -0.1) is 0 Å². The zero-order chi connectivity index (χ0) is 17.4. The number of carbonyl (C=O) groups is 1. The largest absolute Gasteiger partial charge is 0.368 e. The molecular formula is C19H19F2N3O. The molecule has 25 heavy (non-hydrogen) atoms. The summed E-state index contributed by atoms with van der Waals surface area (Å²) in [6, 6.07) is 7.54. The number of amides is 1. The third-order valence-electron chi connectivity index (χ3n) is 5.09. The van der Waals surface area contributed by atoms with Crippen molar-refractivity contribution >= 4 is 11.6 Å². The van der Waals surface area contributed by atoms with Gasteiger partial charge in [0.25, 0.3) is 0 Å². The van der Waals surface area contributed by atoms with E-state index in [2.05, 4.69) is 9.88 Å². The van der Waals surface area contributed by atoms with E-state index in [0.717, 1.165) is 24.8 Å². The van der Waals surface area contributed by atoms with E-state index in [0.29, 0.717) is 25.1 Å². The molecule has 2 atom stereocenters. The van der Waals surface area contributed by atoms with Crippen LogP contribution in [0.1, 0.15) is 17.9 Å². The fraction of sp³-hybridized carbons (Fsp3) is 0.368. The third kappa shape index (κ3) is 3.21. The van der Waals surface area contributed by atoms with Gasteiger partial charge in [-0.2, -0.15) is 0 Å². The molecule has 2 aromatic rings. The molecule has 4 rings (SSSR count). The van der Waals surface area contributed by atoms with Crippen molar-refractivity contribution in [2.45, 2.75) is 12.3 Å². The van der Waals surface area contributed by atoms with Crippen LogP contribution in [-0.2, 0) is 4.79 Å². The summed E-state index contributed by atoms with van der Waals surface area (Å²) in [5.41, 5.74) is 1.56. The Morgan fingerprint density at radius 3 is 2.44 bits per heavy atom. The molecule has 2 heterocycles. The third-order valence-corrected chi connectivity index (χ3v) is 5.09. The lowest BCUT2D eigenvalue weighted by molar-refractivity contribution is -0.132. The maximum Gasteiger partial charge on any atom is 0.226 e. The molecule has 0 spiro atoms. The first kappa shape index (κ1) is 16.0. The van der Waals surface area contributed by atoms with Gasteiger partial charge in [0.1, 0.15) is 11.6 Å². The fourth-order valence-corrected chi connectivity index (χ4v) is 3.59. The van der Waals surface area contributed by atoms with E-state index in [1.807, 2.05) is 17.0 Å². The summed E-state index contributed by atoms with van der Waals surface area (Å²) in [7, 11) is 0. The number of hydrogen-bond donors (Lipinski definition) is 0. The number of piperazine rings is 1. The highest BCUT2D eigenvalue weighted by molar-refractivity contribution is 5.83. The zero-order valence-electron chi connectivity index (χ0n) is 13.7. The van der Waals surface area contributed by atoms with Crippen molar-refractivity contribution in [3.63, 3.8) is 0 Å². The number of rotatable bonds is 3. The molecule has 1 amide bonds. The van der Waals surface area contributed by atoms with Gasteiger partial charge in [0.05, 0.1) is 0 Å². The molecule has 1 saturated heterocycles. The topological polar surface area (TPSA) is 36.4 Å². The number of hydrogen-bond acceptors (Lipinski definition) is 3. The molecule has 2 aliphatic rings. The highest BCUT2D eigenvalue weighted by Crippen LogP contribution is 2.49. The highest BCUT2D eigenvalue weighted by Gasteiger charge is 2.47. The first-order valence-corrected chi connectivity index (χ1v) is 8.52. The van der Waals surface area contributed by atoms with E-state index in [-0.39, 0.29) is 17.7 Å². The molecule has 1 aliphatic heterocycles. The molecule has 6 heteroatoms. The minimum atomic E-state index is -0.586. The lowest BCUT2D eigenvalue weighted by atomic mass is 10.1. The summed E-state index contributed by atoms with van der Waals surface area (Å²) in [4.78, 5) is 20.8. The monoisotopic (exact) mass is 343 g/mol. The van der Waals surface area contributed by atoms with Crippen molar-refractivity contribution in [3.8, 4) is 0 Å². The summed E-state index contributed by atoms with van der Waals surface area (Å²) in [6.45, 7) is 2.88. The van der Waals surface area contributed by atoms with Crippen LogP contribution in [0.4, 0.5) is 14.5 Å². The molecular weight excluding hydrogens is 324 g/mol. The number of pyridine rings is 1. The molecule has 0 unspecified atom stereocenters. The van der Waals surface area contributed by atoms with Crippen molar-refractivity contribution in [2.24, 2.45) is 5.92 Å². The molecule has 1 aromatic heterocycles. The Morgan fingerprint density at radius 2 is 1.76 bits per heavy atom. The highest BCUT2D eigenvalue weighted by atomic mass is 19.1. The average Bonchev–Trinajstić information content (AvgIpc) is 3.42. The van der Waals surface area contributed by atoms with Crippen LogP contribution in [0.3, 0.4) is 0 Å². The molecule has 0 bridgehead atoms. The summed E-state index contributed by atoms with van der Waals surface area (Å²) in [5, 5.41) is 0. The van der Waals surface area contributed by atoms with Crippen molar-refractivity contribution in [1.82, 2.24) is 9.88 Å². The molecule has 0 radical (unpaired) electrons. The molecule has 1 saturated carbocycles.